The van der Waals surface area contributed by atoms with Crippen LogP contribution in [-0.2, 0) is 28.0 Å². The molecule has 0 spiro atoms. The number of aryl methyl sites for hydroxylation is 1. The number of nitrogens with zero attached hydrogens (tertiary/aromatic N) is 1. The Bertz CT molecular complexity index is 1110. The number of alkyl halides is 1. The Morgan fingerprint density at radius 3 is 2.66 bits per heavy atom. The van der Waals surface area contributed by atoms with E-state index in [-0.39, 0.29) is 17.8 Å². The van der Waals surface area contributed by atoms with Gasteiger partial charge in [-0.05, 0) is 42.3 Å². The van der Waals surface area contributed by atoms with E-state index >= 15 is 0 Å². The van der Waals surface area contributed by atoms with Crippen LogP contribution in [0.15, 0.2) is 30.3 Å². The van der Waals surface area contributed by atoms with Crippen LogP contribution in [0.4, 0.5) is 14.5 Å². The number of halogens is 2. The number of aromatic nitrogens is 1. The Kier molecular flexibility index (Phi) is 7.07. The molecule has 0 saturated carbocycles. The molecule has 0 aliphatic rings. The van der Waals surface area contributed by atoms with Gasteiger partial charge in [-0.2, -0.15) is 0 Å². The first-order valence-electron chi connectivity index (χ1n) is 8.38. The van der Waals surface area contributed by atoms with E-state index in [1.807, 2.05) is 4.72 Å². The van der Waals surface area contributed by atoms with Gasteiger partial charge >= 0.3 is 0 Å². The number of carbonyl (C=O) groups excluding carboxylic acids is 1. The number of hydrogen-bond acceptors (Lipinski definition) is 4. The number of amides is 1. The molecule has 0 fully saturated rings. The smallest absolute Gasteiger partial charge is 0.244 e. The molecule has 0 aliphatic carbocycles. The highest BCUT2D eigenvalue weighted by atomic mass is 32.2. The molecule has 2 N–H and O–H groups in total. The second-order valence-electron chi connectivity index (χ2n) is 6.18. The number of carbonyl (C=O) groups is 1. The molecule has 2 rings (SSSR count). The average molecular weight is 419 g/mol. The molecular formula is C20H19F2N3O3S. The summed E-state index contributed by atoms with van der Waals surface area (Å²) in [5.41, 5.74) is 1.62. The summed E-state index contributed by atoms with van der Waals surface area (Å²) < 4.78 is 51.5. The first-order chi connectivity index (χ1) is 13.6. The predicted octanol–water partition coefficient (Wildman–Crippen LogP) is 2.68. The van der Waals surface area contributed by atoms with E-state index < -0.39 is 28.4 Å². The minimum atomic E-state index is -3.70. The van der Waals surface area contributed by atoms with Gasteiger partial charge in [-0.3, -0.25) is 14.5 Å². The van der Waals surface area contributed by atoms with Gasteiger partial charge in [-0.15, -0.1) is 6.42 Å². The summed E-state index contributed by atoms with van der Waals surface area (Å²) in [7, 11) is -3.70. The Hall–Kier alpha value is -3.25. The molecule has 1 aromatic heterocycles. The first kappa shape index (κ1) is 22.0. The zero-order chi connectivity index (χ0) is 21.6. The van der Waals surface area contributed by atoms with Crippen LogP contribution in [0.3, 0.4) is 0 Å². The quantitative estimate of drug-likeness (QED) is 0.534. The van der Waals surface area contributed by atoms with Crippen LogP contribution in [0, 0.1) is 25.1 Å². The van der Waals surface area contributed by atoms with Crippen LogP contribution in [-0.4, -0.2) is 25.6 Å². The van der Waals surface area contributed by atoms with Gasteiger partial charge in [0.15, 0.2) is 0 Å². The standard InChI is InChI=1S/C20H19F2N3O3S/c1-4-15-9-14(10-18(22)20(15)25-29(3,27)28)12-23-19(26)8-6-16-5-7-17(11-21)24-13(16)2/h1,5-10,25H,11-12H2,2-3H3,(H,23,26)/b8-6+. The lowest BCUT2D eigenvalue weighted by molar-refractivity contribution is -0.116. The van der Waals surface area contributed by atoms with E-state index in [0.717, 1.165) is 12.3 Å². The van der Waals surface area contributed by atoms with Gasteiger partial charge < -0.3 is 5.32 Å². The molecule has 0 radical (unpaired) electrons. The maximum Gasteiger partial charge on any atom is 0.244 e. The summed E-state index contributed by atoms with van der Waals surface area (Å²) in [6, 6.07) is 5.68. The van der Waals surface area contributed by atoms with Crippen molar-refractivity contribution in [1.82, 2.24) is 10.3 Å². The minimum Gasteiger partial charge on any atom is -0.348 e. The van der Waals surface area contributed by atoms with E-state index in [0.29, 0.717) is 22.5 Å². The molecule has 1 amide bonds. The summed E-state index contributed by atoms with van der Waals surface area (Å²) in [4.78, 5) is 16.1. The fourth-order valence-electron chi connectivity index (χ4n) is 2.46. The van der Waals surface area contributed by atoms with Gasteiger partial charge in [-0.25, -0.2) is 17.2 Å². The van der Waals surface area contributed by atoms with Crippen LogP contribution in [0.5, 0.6) is 0 Å². The molecule has 0 atom stereocenters. The fraction of sp³-hybridized carbons (Fsp3) is 0.200. The van der Waals surface area contributed by atoms with Gasteiger partial charge in [0.25, 0.3) is 0 Å². The Morgan fingerprint density at radius 2 is 2.07 bits per heavy atom. The number of hydrogen-bond donors (Lipinski definition) is 2. The number of rotatable bonds is 7. The monoisotopic (exact) mass is 419 g/mol. The van der Waals surface area contributed by atoms with E-state index in [1.165, 1.54) is 24.3 Å². The SMILES string of the molecule is C#Cc1cc(CNC(=O)/C=C/c2ccc(CF)nc2C)cc(F)c1NS(C)(=O)=O. The molecule has 2 aromatic rings. The number of nitrogens with one attached hydrogen (secondary N) is 2. The average Bonchev–Trinajstić information content (AvgIpc) is 2.66. The molecule has 1 heterocycles. The maximum absolute atomic E-state index is 14.2. The molecule has 0 saturated heterocycles. The third-order valence-electron chi connectivity index (χ3n) is 3.80. The van der Waals surface area contributed by atoms with Crippen molar-refractivity contribution in [3.63, 3.8) is 0 Å². The van der Waals surface area contributed by atoms with E-state index in [9.17, 15) is 22.0 Å². The third kappa shape index (κ3) is 6.40. The number of pyridine rings is 1. The van der Waals surface area contributed by atoms with Gasteiger partial charge in [0.05, 0.1) is 23.2 Å². The highest BCUT2D eigenvalue weighted by Gasteiger charge is 2.14. The summed E-state index contributed by atoms with van der Waals surface area (Å²) in [5, 5.41) is 2.58. The van der Waals surface area contributed by atoms with Crippen molar-refractivity contribution in [2.24, 2.45) is 0 Å². The molecule has 0 unspecified atom stereocenters. The molecule has 152 valence electrons. The second-order valence-corrected chi connectivity index (χ2v) is 7.93. The van der Waals surface area contributed by atoms with Gasteiger partial charge in [0.1, 0.15) is 12.5 Å². The van der Waals surface area contributed by atoms with Crippen molar-refractivity contribution in [3.8, 4) is 12.3 Å². The molecule has 1 aromatic carbocycles. The molecular weight excluding hydrogens is 400 g/mol. The first-order valence-corrected chi connectivity index (χ1v) is 10.3. The van der Waals surface area contributed by atoms with E-state index in [4.69, 9.17) is 6.42 Å². The van der Waals surface area contributed by atoms with Crippen molar-refractivity contribution in [2.75, 3.05) is 11.0 Å². The summed E-state index contributed by atoms with van der Waals surface area (Å²) in [6.45, 7) is 1.01. The summed E-state index contributed by atoms with van der Waals surface area (Å²) >= 11 is 0. The van der Waals surface area contributed by atoms with Crippen LogP contribution < -0.4 is 10.0 Å². The highest BCUT2D eigenvalue weighted by Crippen LogP contribution is 2.22. The van der Waals surface area contributed by atoms with Crippen molar-refractivity contribution < 1.29 is 22.0 Å². The fourth-order valence-corrected chi connectivity index (χ4v) is 3.03. The highest BCUT2D eigenvalue weighted by molar-refractivity contribution is 7.92. The molecule has 9 heteroatoms. The van der Waals surface area contributed by atoms with Crippen molar-refractivity contribution in [1.29, 1.82) is 0 Å². The van der Waals surface area contributed by atoms with Crippen molar-refractivity contribution in [3.05, 3.63) is 64.2 Å². The third-order valence-corrected chi connectivity index (χ3v) is 4.37. The van der Waals surface area contributed by atoms with Crippen LogP contribution in [0.2, 0.25) is 0 Å². The lowest BCUT2D eigenvalue weighted by Crippen LogP contribution is -2.20. The molecule has 29 heavy (non-hydrogen) atoms. The van der Waals surface area contributed by atoms with Crippen LogP contribution in [0.1, 0.15) is 28.1 Å². The minimum absolute atomic E-state index is 0.0184. The molecule has 0 bridgehead atoms. The zero-order valence-electron chi connectivity index (χ0n) is 15.8. The topological polar surface area (TPSA) is 88.2 Å². The lowest BCUT2D eigenvalue weighted by Gasteiger charge is -2.11. The Morgan fingerprint density at radius 1 is 1.34 bits per heavy atom. The molecule has 6 nitrogen and oxygen atoms in total. The van der Waals surface area contributed by atoms with Gasteiger partial charge in [0, 0.05) is 18.3 Å². The summed E-state index contributed by atoms with van der Waals surface area (Å²) in [5.74, 6) is 0.931. The molecule has 0 aliphatic heterocycles. The van der Waals surface area contributed by atoms with Crippen molar-refractivity contribution >= 4 is 27.7 Å². The summed E-state index contributed by atoms with van der Waals surface area (Å²) in [6.07, 6.45) is 9.02. The maximum atomic E-state index is 14.2. The van der Waals surface area contributed by atoms with E-state index in [1.54, 1.807) is 13.0 Å². The van der Waals surface area contributed by atoms with Gasteiger partial charge in [-0.1, -0.05) is 12.0 Å². The number of sulfonamides is 1. The zero-order valence-corrected chi connectivity index (χ0v) is 16.6. The van der Waals surface area contributed by atoms with Crippen LogP contribution in [0.25, 0.3) is 6.08 Å². The van der Waals surface area contributed by atoms with Crippen molar-refractivity contribution in [2.45, 2.75) is 20.1 Å². The lowest BCUT2D eigenvalue weighted by atomic mass is 10.1. The Balaban J connectivity index is 2.08. The van der Waals surface area contributed by atoms with Crippen LogP contribution >= 0.6 is 0 Å². The number of benzene rings is 1. The predicted molar refractivity (Wildman–Crippen MR) is 107 cm³/mol. The Labute approximate surface area is 168 Å². The number of terminal acetylenes is 1. The van der Waals surface area contributed by atoms with Gasteiger partial charge in [0.2, 0.25) is 15.9 Å². The second kappa shape index (κ2) is 9.30. The largest absolute Gasteiger partial charge is 0.348 e. The number of anilines is 1. The normalized spacial score (nSPS) is 11.3. The van der Waals surface area contributed by atoms with E-state index in [2.05, 4.69) is 16.2 Å².